The van der Waals surface area contributed by atoms with Crippen LogP contribution in [0.25, 0.3) is 11.3 Å². The Morgan fingerprint density at radius 3 is 2.41 bits per heavy atom. The van der Waals surface area contributed by atoms with Gasteiger partial charge >= 0.3 is 0 Å². The number of aryl methyl sites for hydroxylation is 1. The molecule has 29 heavy (non-hydrogen) atoms. The summed E-state index contributed by atoms with van der Waals surface area (Å²) in [6, 6.07) is 12.5. The molecule has 0 amide bonds. The van der Waals surface area contributed by atoms with E-state index in [4.69, 9.17) is 16.3 Å². The summed E-state index contributed by atoms with van der Waals surface area (Å²) in [5.41, 5.74) is 3.42. The number of benzene rings is 1. The van der Waals surface area contributed by atoms with E-state index in [9.17, 15) is 0 Å². The van der Waals surface area contributed by atoms with Gasteiger partial charge in [-0.1, -0.05) is 70.9 Å². The number of nitrogens with zero attached hydrogens (tertiary/aromatic N) is 1. The SMILES string of the molecule is CCCCCCCCCCc1ccnc(-c2ccccc2OCCC(Cl)CC)c1. The van der Waals surface area contributed by atoms with Crippen molar-refractivity contribution >= 4 is 11.6 Å². The molecule has 0 aliphatic rings. The van der Waals surface area contributed by atoms with Gasteiger partial charge in [-0.2, -0.15) is 0 Å². The average molecular weight is 416 g/mol. The maximum absolute atomic E-state index is 6.22. The standard InChI is InChI=1S/C26H38ClNO/c1-3-5-6-7-8-9-10-11-14-22-17-19-28-25(21-22)24-15-12-13-16-26(24)29-20-18-23(27)4-2/h12-13,15-17,19,21,23H,3-11,14,18,20H2,1-2H3. The number of alkyl halides is 1. The van der Waals surface area contributed by atoms with Gasteiger partial charge in [-0.15, -0.1) is 11.6 Å². The minimum atomic E-state index is 0.176. The van der Waals surface area contributed by atoms with Gasteiger partial charge in [0.15, 0.2) is 0 Å². The third-order valence-electron chi connectivity index (χ3n) is 5.44. The Morgan fingerprint density at radius 1 is 0.931 bits per heavy atom. The van der Waals surface area contributed by atoms with Crippen molar-refractivity contribution in [2.45, 2.75) is 89.9 Å². The minimum absolute atomic E-state index is 0.176. The van der Waals surface area contributed by atoms with Crippen molar-refractivity contribution in [2.24, 2.45) is 0 Å². The van der Waals surface area contributed by atoms with Crippen LogP contribution in [0.15, 0.2) is 42.6 Å². The predicted octanol–water partition coefficient (Wildman–Crippen LogP) is 8.22. The van der Waals surface area contributed by atoms with E-state index in [0.29, 0.717) is 6.61 Å². The summed E-state index contributed by atoms with van der Waals surface area (Å²) in [5, 5.41) is 0.176. The van der Waals surface area contributed by atoms with Gasteiger partial charge in [-0.3, -0.25) is 4.98 Å². The Kier molecular flexibility index (Phi) is 11.8. The van der Waals surface area contributed by atoms with Gasteiger partial charge in [0.25, 0.3) is 0 Å². The zero-order valence-electron chi connectivity index (χ0n) is 18.3. The normalized spacial score (nSPS) is 12.1. The summed E-state index contributed by atoms with van der Waals surface area (Å²) < 4.78 is 6.03. The van der Waals surface area contributed by atoms with Crippen LogP contribution >= 0.6 is 11.6 Å². The first kappa shape index (κ1) is 23.7. The lowest BCUT2D eigenvalue weighted by molar-refractivity contribution is 0.309. The van der Waals surface area contributed by atoms with Gasteiger partial charge in [0.2, 0.25) is 0 Å². The maximum atomic E-state index is 6.22. The summed E-state index contributed by atoms with van der Waals surface area (Å²) in [6.07, 6.45) is 15.7. The van der Waals surface area contributed by atoms with E-state index in [1.807, 2.05) is 24.4 Å². The quantitative estimate of drug-likeness (QED) is 0.216. The molecule has 1 heterocycles. The van der Waals surface area contributed by atoms with Crippen LogP contribution in [0.4, 0.5) is 0 Å². The highest BCUT2D eigenvalue weighted by molar-refractivity contribution is 6.20. The van der Waals surface area contributed by atoms with Gasteiger partial charge in [-0.25, -0.2) is 0 Å². The Bertz CT molecular complexity index is 688. The van der Waals surface area contributed by atoms with Gasteiger partial charge in [0.1, 0.15) is 5.75 Å². The monoisotopic (exact) mass is 415 g/mol. The second-order valence-corrected chi connectivity index (χ2v) is 8.53. The molecule has 2 aromatic rings. The lowest BCUT2D eigenvalue weighted by atomic mass is 10.0. The molecular formula is C26H38ClNO. The third kappa shape index (κ3) is 9.21. The van der Waals surface area contributed by atoms with Crippen LogP contribution in [0.3, 0.4) is 0 Å². The highest BCUT2D eigenvalue weighted by Crippen LogP contribution is 2.29. The van der Waals surface area contributed by atoms with Crippen LogP contribution in [-0.2, 0) is 6.42 Å². The van der Waals surface area contributed by atoms with Crippen LogP contribution in [-0.4, -0.2) is 17.0 Å². The molecule has 1 aromatic heterocycles. The summed E-state index contributed by atoms with van der Waals surface area (Å²) in [6.45, 7) is 5.01. The van der Waals surface area contributed by atoms with Crippen molar-refractivity contribution in [1.82, 2.24) is 4.98 Å². The van der Waals surface area contributed by atoms with Crippen molar-refractivity contribution in [3.05, 3.63) is 48.2 Å². The van der Waals surface area contributed by atoms with Gasteiger partial charge in [-0.05, 0) is 55.5 Å². The highest BCUT2D eigenvalue weighted by atomic mass is 35.5. The van der Waals surface area contributed by atoms with Gasteiger partial charge < -0.3 is 4.74 Å². The molecule has 0 N–H and O–H groups in total. The number of aromatic nitrogens is 1. The van der Waals surface area contributed by atoms with E-state index < -0.39 is 0 Å². The fourth-order valence-electron chi connectivity index (χ4n) is 3.55. The highest BCUT2D eigenvalue weighted by Gasteiger charge is 2.09. The summed E-state index contributed by atoms with van der Waals surface area (Å²) >= 11 is 6.22. The molecule has 0 saturated carbocycles. The molecule has 3 heteroatoms. The summed E-state index contributed by atoms with van der Waals surface area (Å²) in [5.74, 6) is 0.893. The Morgan fingerprint density at radius 2 is 1.66 bits per heavy atom. The second kappa shape index (κ2) is 14.4. The van der Waals surface area contributed by atoms with Crippen molar-refractivity contribution in [1.29, 1.82) is 0 Å². The second-order valence-electron chi connectivity index (χ2n) is 7.91. The Balaban J connectivity index is 1.85. The van der Waals surface area contributed by atoms with E-state index in [1.54, 1.807) is 0 Å². The molecular weight excluding hydrogens is 378 g/mol. The van der Waals surface area contributed by atoms with Crippen LogP contribution in [0.1, 0.15) is 83.6 Å². The molecule has 0 radical (unpaired) electrons. The molecule has 0 aliphatic carbocycles. The fraction of sp³-hybridized carbons (Fsp3) is 0.577. The largest absolute Gasteiger partial charge is 0.493 e. The van der Waals surface area contributed by atoms with Gasteiger partial charge in [0.05, 0.1) is 12.3 Å². The maximum Gasteiger partial charge on any atom is 0.128 e. The van der Waals surface area contributed by atoms with Crippen molar-refractivity contribution in [3.8, 4) is 17.0 Å². The first-order valence-corrected chi connectivity index (χ1v) is 12.0. The fourth-order valence-corrected chi connectivity index (χ4v) is 3.63. The molecule has 1 aromatic carbocycles. The zero-order valence-corrected chi connectivity index (χ0v) is 19.1. The molecule has 2 nitrogen and oxygen atoms in total. The third-order valence-corrected chi connectivity index (χ3v) is 5.96. The van der Waals surface area contributed by atoms with Crippen LogP contribution in [0, 0.1) is 0 Å². The molecule has 0 fully saturated rings. The molecule has 0 saturated heterocycles. The molecule has 0 aliphatic heterocycles. The molecule has 2 rings (SSSR count). The first-order chi connectivity index (χ1) is 14.2. The lowest BCUT2D eigenvalue weighted by Gasteiger charge is -2.13. The Labute approximate surface area is 183 Å². The Hall–Kier alpha value is -1.54. The molecule has 160 valence electrons. The van der Waals surface area contributed by atoms with Crippen molar-refractivity contribution < 1.29 is 4.74 Å². The van der Waals surface area contributed by atoms with E-state index in [0.717, 1.165) is 36.3 Å². The number of rotatable bonds is 15. The minimum Gasteiger partial charge on any atom is -0.493 e. The van der Waals surface area contributed by atoms with Crippen LogP contribution in [0.2, 0.25) is 0 Å². The summed E-state index contributed by atoms with van der Waals surface area (Å²) in [7, 11) is 0. The first-order valence-electron chi connectivity index (χ1n) is 11.6. The van der Waals surface area contributed by atoms with Gasteiger partial charge in [0, 0.05) is 17.1 Å². The molecule has 1 unspecified atom stereocenters. The smallest absolute Gasteiger partial charge is 0.128 e. The van der Waals surface area contributed by atoms with E-state index in [-0.39, 0.29) is 5.38 Å². The number of halogens is 1. The van der Waals surface area contributed by atoms with E-state index >= 15 is 0 Å². The molecule has 0 bridgehead atoms. The predicted molar refractivity (Wildman–Crippen MR) is 126 cm³/mol. The van der Waals surface area contributed by atoms with Crippen LogP contribution in [0.5, 0.6) is 5.75 Å². The average Bonchev–Trinajstić information content (AvgIpc) is 2.76. The van der Waals surface area contributed by atoms with Crippen molar-refractivity contribution in [3.63, 3.8) is 0 Å². The van der Waals surface area contributed by atoms with Crippen molar-refractivity contribution in [2.75, 3.05) is 6.61 Å². The molecule has 1 atom stereocenters. The number of unbranched alkanes of at least 4 members (excludes halogenated alkanes) is 7. The number of pyridine rings is 1. The lowest BCUT2D eigenvalue weighted by Crippen LogP contribution is -2.06. The van der Waals surface area contributed by atoms with E-state index in [1.165, 1.54) is 56.9 Å². The summed E-state index contributed by atoms with van der Waals surface area (Å²) in [4.78, 5) is 4.61. The topological polar surface area (TPSA) is 22.1 Å². The molecule has 0 spiro atoms. The number of hydrogen-bond donors (Lipinski definition) is 0. The number of ether oxygens (including phenoxy) is 1. The number of para-hydroxylation sites is 1. The number of hydrogen-bond acceptors (Lipinski definition) is 2. The van der Waals surface area contributed by atoms with Crippen LogP contribution < -0.4 is 4.74 Å². The zero-order chi connectivity index (χ0) is 20.7. The van der Waals surface area contributed by atoms with E-state index in [2.05, 4.69) is 37.0 Å².